The summed E-state index contributed by atoms with van der Waals surface area (Å²) in [6.07, 6.45) is 1.63. The first-order valence-corrected chi connectivity index (χ1v) is 15.1. The summed E-state index contributed by atoms with van der Waals surface area (Å²) in [6.45, 7) is 4.20. The average Bonchev–Trinajstić information content (AvgIpc) is 3.35. The maximum Gasteiger partial charge on any atom is 0.335 e. The van der Waals surface area contributed by atoms with E-state index in [1.54, 1.807) is 26.0 Å². The monoisotopic (exact) mass is 566 g/mol. The van der Waals surface area contributed by atoms with Crippen LogP contribution in [0.3, 0.4) is 0 Å². The molecule has 0 aliphatic heterocycles. The number of nitrogens with zero attached hydrogens (tertiary/aromatic N) is 1. The van der Waals surface area contributed by atoms with Crippen molar-refractivity contribution in [1.29, 1.82) is 0 Å². The molecule has 0 aliphatic rings. The first-order chi connectivity index (χ1) is 18.9. The number of amides is 1. The number of carbonyl (C=O) groups excluding carboxylic acids is 1. The second-order valence-corrected chi connectivity index (χ2v) is 11.4. The predicted octanol–water partition coefficient (Wildman–Crippen LogP) is 8.39. The molecule has 9 heteroatoms. The van der Waals surface area contributed by atoms with Gasteiger partial charge < -0.3 is 18.8 Å². The zero-order valence-electron chi connectivity index (χ0n) is 22.1. The summed E-state index contributed by atoms with van der Waals surface area (Å²) in [5.74, 6) is 1.16. The van der Waals surface area contributed by atoms with Crippen LogP contribution in [0.1, 0.15) is 38.0 Å². The van der Waals surface area contributed by atoms with Crippen molar-refractivity contribution >= 4 is 30.8 Å². The van der Waals surface area contributed by atoms with Crippen molar-refractivity contribution < 1.29 is 22.8 Å². The molecule has 7 nitrogen and oxygen atoms in total. The topological polar surface area (TPSA) is 90.7 Å². The number of halogens is 1. The first-order valence-electron chi connectivity index (χ1n) is 13.0. The van der Waals surface area contributed by atoms with E-state index in [2.05, 4.69) is 5.32 Å². The fraction of sp³-hybridized carbons (Fsp3) is 0.267. The van der Waals surface area contributed by atoms with E-state index in [0.29, 0.717) is 49.1 Å². The van der Waals surface area contributed by atoms with Crippen LogP contribution in [-0.2, 0) is 31.0 Å². The van der Waals surface area contributed by atoms with Crippen molar-refractivity contribution in [3.05, 3.63) is 95.2 Å². The minimum Gasteiger partial charge on any atom is -0.441 e. The summed E-state index contributed by atoms with van der Waals surface area (Å²) < 4.78 is 29.6. The maximum absolute atomic E-state index is 12.8. The summed E-state index contributed by atoms with van der Waals surface area (Å²) in [4.78, 5) is 17.4. The van der Waals surface area contributed by atoms with Gasteiger partial charge in [-0.1, -0.05) is 54.1 Å². The van der Waals surface area contributed by atoms with Crippen LogP contribution in [-0.4, -0.2) is 24.1 Å². The Morgan fingerprint density at radius 1 is 0.923 bits per heavy atom. The number of hydrogen-bond acceptors (Lipinski definition) is 6. The summed E-state index contributed by atoms with van der Waals surface area (Å²) >= 11 is 6.08. The molecule has 1 aromatic heterocycles. The van der Waals surface area contributed by atoms with Gasteiger partial charge in [0.05, 0.1) is 19.4 Å². The standard InChI is InChI=1S/C30H32ClN2O5P/c1-3-36-39(35,37-4-2)21-22-13-19-26(20-14-22)32-28(34)12-8-11-27-29(23-15-17-25(31)18-16-23)33-30(38-27)24-9-6-5-7-10-24/h5-7,9-10,13-20H,3-4,8,11-12,21H2,1-2H3,(H,32,34). The predicted molar refractivity (Wildman–Crippen MR) is 155 cm³/mol. The molecule has 0 aliphatic carbocycles. The van der Waals surface area contributed by atoms with Crippen molar-refractivity contribution in [2.24, 2.45) is 0 Å². The van der Waals surface area contributed by atoms with Crippen LogP contribution in [0.25, 0.3) is 22.7 Å². The van der Waals surface area contributed by atoms with Crippen molar-refractivity contribution in [3.8, 4) is 22.7 Å². The molecule has 0 radical (unpaired) electrons. The van der Waals surface area contributed by atoms with E-state index in [1.165, 1.54) is 0 Å². The summed E-state index contributed by atoms with van der Waals surface area (Å²) in [7, 11) is -3.18. The third-order valence-corrected chi connectivity index (χ3v) is 8.22. The third kappa shape index (κ3) is 8.13. The fourth-order valence-electron chi connectivity index (χ4n) is 4.13. The highest BCUT2D eigenvalue weighted by atomic mass is 35.5. The van der Waals surface area contributed by atoms with Crippen LogP contribution in [0.5, 0.6) is 0 Å². The molecule has 0 saturated heterocycles. The SMILES string of the molecule is CCOP(=O)(Cc1ccc(NC(=O)CCCc2oc(-c3ccccc3)nc2-c2ccc(Cl)cc2)cc1)OCC. The number of carbonyl (C=O) groups is 1. The van der Waals surface area contributed by atoms with Gasteiger partial charge in [0, 0.05) is 34.7 Å². The summed E-state index contributed by atoms with van der Waals surface area (Å²) in [5.41, 5.74) is 4.02. The number of rotatable bonds is 13. The molecule has 0 saturated carbocycles. The van der Waals surface area contributed by atoms with Crippen LogP contribution in [0.15, 0.2) is 83.3 Å². The van der Waals surface area contributed by atoms with Crippen molar-refractivity contribution in [2.75, 3.05) is 18.5 Å². The molecule has 4 rings (SSSR count). The van der Waals surface area contributed by atoms with Crippen LogP contribution >= 0.6 is 19.2 Å². The Hall–Kier alpha value is -3.22. The van der Waals surface area contributed by atoms with Gasteiger partial charge in [-0.15, -0.1) is 0 Å². The molecule has 1 heterocycles. The molecule has 0 spiro atoms. The van der Waals surface area contributed by atoms with Gasteiger partial charge in [0.1, 0.15) is 11.5 Å². The van der Waals surface area contributed by atoms with Gasteiger partial charge >= 0.3 is 7.60 Å². The Morgan fingerprint density at radius 2 is 1.59 bits per heavy atom. The van der Waals surface area contributed by atoms with Gasteiger partial charge in [0.2, 0.25) is 11.8 Å². The van der Waals surface area contributed by atoms with Gasteiger partial charge in [-0.25, -0.2) is 4.98 Å². The smallest absolute Gasteiger partial charge is 0.335 e. The lowest BCUT2D eigenvalue weighted by molar-refractivity contribution is -0.116. The fourth-order valence-corrected chi connectivity index (χ4v) is 5.96. The highest BCUT2D eigenvalue weighted by molar-refractivity contribution is 7.53. The molecule has 3 aromatic carbocycles. The third-order valence-electron chi connectivity index (χ3n) is 5.91. The lowest BCUT2D eigenvalue weighted by Gasteiger charge is -2.17. The van der Waals surface area contributed by atoms with E-state index in [1.807, 2.05) is 66.7 Å². The number of aryl methyl sites for hydroxylation is 1. The number of benzene rings is 3. The normalized spacial score (nSPS) is 11.5. The van der Waals surface area contributed by atoms with E-state index in [4.69, 9.17) is 30.0 Å². The Balaban J connectivity index is 1.37. The van der Waals surface area contributed by atoms with E-state index < -0.39 is 7.60 Å². The van der Waals surface area contributed by atoms with Crippen LogP contribution in [0.4, 0.5) is 5.69 Å². The number of anilines is 1. The minimum atomic E-state index is -3.18. The Morgan fingerprint density at radius 3 is 2.23 bits per heavy atom. The lowest BCUT2D eigenvalue weighted by atomic mass is 10.1. The van der Waals surface area contributed by atoms with Crippen LogP contribution < -0.4 is 5.32 Å². The van der Waals surface area contributed by atoms with Gasteiger partial charge in [0.15, 0.2) is 0 Å². The molecular weight excluding hydrogens is 535 g/mol. The molecule has 1 amide bonds. The first kappa shape index (κ1) is 28.8. The molecule has 0 bridgehead atoms. The van der Waals surface area contributed by atoms with E-state index >= 15 is 0 Å². The van der Waals surface area contributed by atoms with E-state index in [0.717, 1.165) is 28.1 Å². The Bertz CT molecular complexity index is 1400. The average molecular weight is 567 g/mol. The van der Waals surface area contributed by atoms with Crippen LogP contribution in [0.2, 0.25) is 5.02 Å². The molecule has 4 aromatic rings. The van der Waals surface area contributed by atoms with E-state index in [9.17, 15) is 9.36 Å². The zero-order valence-corrected chi connectivity index (χ0v) is 23.7. The zero-order chi connectivity index (χ0) is 27.7. The lowest BCUT2D eigenvalue weighted by Crippen LogP contribution is -2.11. The number of hydrogen-bond donors (Lipinski definition) is 1. The highest BCUT2D eigenvalue weighted by Gasteiger charge is 2.24. The molecule has 1 N–H and O–H groups in total. The Kier molecular flexibility index (Phi) is 10.1. The van der Waals surface area contributed by atoms with Gasteiger partial charge in [-0.05, 0) is 62.2 Å². The second kappa shape index (κ2) is 13.7. The second-order valence-electron chi connectivity index (χ2n) is 8.87. The van der Waals surface area contributed by atoms with Crippen LogP contribution in [0, 0.1) is 0 Å². The minimum absolute atomic E-state index is 0.104. The molecule has 39 heavy (non-hydrogen) atoms. The number of aromatic nitrogens is 1. The Labute approximate surface area is 234 Å². The van der Waals surface area contributed by atoms with Gasteiger partial charge in [-0.2, -0.15) is 0 Å². The van der Waals surface area contributed by atoms with Gasteiger partial charge in [0.25, 0.3) is 0 Å². The molecule has 0 unspecified atom stereocenters. The van der Waals surface area contributed by atoms with Crippen molar-refractivity contribution in [1.82, 2.24) is 4.98 Å². The van der Waals surface area contributed by atoms with E-state index in [-0.39, 0.29) is 12.1 Å². The maximum atomic E-state index is 12.8. The van der Waals surface area contributed by atoms with Gasteiger partial charge in [-0.3, -0.25) is 9.36 Å². The largest absolute Gasteiger partial charge is 0.441 e. The van der Waals surface area contributed by atoms with Crippen molar-refractivity contribution in [3.63, 3.8) is 0 Å². The molecular formula is C30H32ClN2O5P. The number of oxazole rings is 1. The van der Waals surface area contributed by atoms with Crippen molar-refractivity contribution in [2.45, 2.75) is 39.3 Å². The molecule has 204 valence electrons. The summed E-state index contributed by atoms with van der Waals surface area (Å²) in [5, 5.41) is 3.57. The highest BCUT2D eigenvalue weighted by Crippen LogP contribution is 2.51. The quantitative estimate of drug-likeness (QED) is 0.163. The molecule has 0 fully saturated rings. The number of nitrogens with one attached hydrogen (secondary N) is 1. The molecule has 0 atom stereocenters. The summed E-state index contributed by atoms with van der Waals surface area (Å²) in [6, 6.07) is 24.4.